The number of nitrogens with zero attached hydrogens (tertiary/aromatic N) is 1. The summed E-state index contributed by atoms with van der Waals surface area (Å²) in [6.07, 6.45) is -0.0181. The number of ether oxygens (including phenoxy) is 2. The maximum atomic E-state index is 12.6. The molecule has 1 N–H and O–H groups in total. The summed E-state index contributed by atoms with van der Waals surface area (Å²) < 4.78 is 11.5. The number of hydrogen-bond acceptors (Lipinski definition) is 4. The van der Waals surface area contributed by atoms with Gasteiger partial charge in [-0.05, 0) is 43.2 Å². The summed E-state index contributed by atoms with van der Waals surface area (Å²) in [6, 6.07) is 13.4. The fourth-order valence-electron chi connectivity index (χ4n) is 3.67. The van der Waals surface area contributed by atoms with Crippen molar-refractivity contribution in [1.29, 1.82) is 0 Å². The summed E-state index contributed by atoms with van der Waals surface area (Å²) in [5.41, 5.74) is 3.09. The van der Waals surface area contributed by atoms with Crippen LogP contribution in [0, 0.1) is 19.8 Å². The van der Waals surface area contributed by atoms with E-state index in [9.17, 15) is 9.59 Å². The minimum absolute atomic E-state index is 0.0139. The fraction of sp³-hybridized carbons (Fsp3) is 0.364. The van der Waals surface area contributed by atoms with Crippen molar-refractivity contribution in [2.24, 2.45) is 5.92 Å². The van der Waals surface area contributed by atoms with E-state index in [1.54, 1.807) is 4.90 Å². The minimum atomic E-state index is -0.357. The van der Waals surface area contributed by atoms with Crippen LogP contribution in [0.3, 0.4) is 0 Å². The summed E-state index contributed by atoms with van der Waals surface area (Å²) in [7, 11) is 0. The Balaban J connectivity index is 1.35. The van der Waals surface area contributed by atoms with Crippen LogP contribution < -0.4 is 19.7 Å². The molecule has 2 aliphatic rings. The Morgan fingerprint density at radius 1 is 1.14 bits per heavy atom. The fourth-order valence-corrected chi connectivity index (χ4v) is 3.67. The lowest BCUT2D eigenvalue weighted by Gasteiger charge is -2.27. The predicted octanol–water partition coefficient (Wildman–Crippen LogP) is 2.61. The van der Waals surface area contributed by atoms with Gasteiger partial charge in [0.15, 0.2) is 11.5 Å². The van der Waals surface area contributed by atoms with E-state index in [0.29, 0.717) is 25.4 Å². The topological polar surface area (TPSA) is 67.9 Å². The van der Waals surface area contributed by atoms with Gasteiger partial charge in [0.2, 0.25) is 11.8 Å². The molecule has 2 atom stereocenters. The molecule has 1 saturated heterocycles. The van der Waals surface area contributed by atoms with Crippen LogP contribution in [0.1, 0.15) is 17.5 Å². The third-order valence-corrected chi connectivity index (χ3v) is 5.43. The first kappa shape index (κ1) is 18.3. The molecule has 0 radical (unpaired) electrons. The number of rotatable bonds is 4. The normalized spacial score (nSPS) is 20.9. The van der Waals surface area contributed by atoms with E-state index in [-0.39, 0.29) is 30.3 Å². The molecule has 146 valence electrons. The standard InChI is InChI=1S/C22H24N2O4/c1-14-6-5-7-18(15(14)2)24-12-16(10-21(24)25)22(26)23-11-17-13-27-19-8-3-4-9-20(19)28-17/h3-9,16-17H,10-13H2,1-2H3,(H,23,26)/t16-,17+/m0/s1. The molecule has 6 nitrogen and oxygen atoms in total. The van der Waals surface area contributed by atoms with Crippen LogP contribution in [0.4, 0.5) is 5.69 Å². The molecule has 6 heteroatoms. The highest BCUT2D eigenvalue weighted by atomic mass is 16.6. The Morgan fingerprint density at radius 2 is 1.93 bits per heavy atom. The molecule has 0 aromatic heterocycles. The Hall–Kier alpha value is -3.02. The van der Waals surface area contributed by atoms with E-state index >= 15 is 0 Å². The van der Waals surface area contributed by atoms with Gasteiger partial charge in [-0.3, -0.25) is 9.59 Å². The van der Waals surface area contributed by atoms with Crippen molar-refractivity contribution in [3.63, 3.8) is 0 Å². The highest BCUT2D eigenvalue weighted by Gasteiger charge is 2.36. The number of benzene rings is 2. The van der Waals surface area contributed by atoms with E-state index < -0.39 is 0 Å². The van der Waals surface area contributed by atoms with Crippen molar-refractivity contribution in [1.82, 2.24) is 5.32 Å². The smallest absolute Gasteiger partial charge is 0.227 e. The highest BCUT2D eigenvalue weighted by Crippen LogP contribution is 2.31. The van der Waals surface area contributed by atoms with Gasteiger partial charge in [-0.15, -0.1) is 0 Å². The van der Waals surface area contributed by atoms with E-state index in [1.807, 2.05) is 56.3 Å². The van der Waals surface area contributed by atoms with Gasteiger partial charge in [0.1, 0.15) is 12.7 Å². The molecule has 2 heterocycles. The Labute approximate surface area is 164 Å². The van der Waals surface area contributed by atoms with E-state index in [1.165, 1.54) is 0 Å². The van der Waals surface area contributed by atoms with Crippen LogP contribution >= 0.6 is 0 Å². The highest BCUT2D eigenvalue weighted by molar-refractivity contribution is 6.00. The second-order valence-electron chi connectivity index (χ2n) is 7.37. The first-order valence-electron chi connectivity index (χ1n) is 9.55. The average Bonchev–Trinajstić information content (AvgIpc) is 3.09. The molecule has 4 rings (SSSR count). The molecule has 1 fully saturated rings. The number of fused-ring (bicyclic) bond motifs is 1. The zero-order valence-electron chi connectivity index (χ0n) is 16.1. The van der Waals surface area contributed by atoms with Crippen LogP contribution in [0.2, 0.25) is 0 Å². The van der Waals surface area contributed by atoms with Gasteiger partial charge < -0.3 is 19.7 Å². The number of nitrogens with one attached hydrogen (secondary N) is 1. The van der Waals surface area contributed by atoms with E-state index in [2.05, 4.69) is 5.32 Å². The quantitative estimate of drug-likeness (QED) is 0.885. The third-order valence-electron chi connectivity index (χ3n) is 5.43. The van der Waals surface area contributed by atoms with Crippen molar-refractivity contribution < 1.29 is 19.1 Å². The van der Waals surface area contributed by atoms with Crippen molar-refractivity contribution >= 4 is 17.5 Å². The summed E-state index contributed by atoms with van der Waals surface area (Å²) >= 11 is 0. The van der Waals surface area contributed by atoms with Crippen molar-refractivity contribution in [3.8, 4) is 11.5 Å². The Morgan fingerprint density at radius 3 is 2.75 bits per heavy atom. The van der Waals surface area contributed by atoms with E-state index in [4.69, 9.17) is 9.47 Å². The van der Waals surface area contributed by atoms with Gasteiger partial charge in [0.25, 0.3) is 0 Å². The number of amides is 2. The molecule has 2 aromatic rings. The predicted molar refractivity (Wildman–Crippen MR) is 106 cm³/mol. The summed E-state index contributed by atoms with van der Waals surface area (Å²) in [6.45, 7) is 5.16. The molecular weight excluding hydrogens is 356 g/mol. The maximum Gasteiger partial charge on any atom is 0.227 e. The van der Waals surface area contributed by atoms with Crippen LogP contribution in [0.25, 0.3) is 0 Å². The second-order valence-corrected chi connectivity index (χ2v) is 7.37. The number of carbonyl (C=O) groups is 2. The van der Waals surface area contributed by atoms with Gasteiger partial charge in [-0.2, -0.15) is 0 Å². The number of carbonyl (C=O) groups excluding carboxylic acids is 2. The van der Waals surface area contributed by atoms with Gasteiger partial charge in [-0.25, -0.2) is 0 Å². The van der Waals surface area contributed by atoms with Crippen LogP contribution in [-0.4, -0.2) is 37.6 Å². The largest absolute Gasteiger partial charge is 0.486 e. The van der Waals surface area contributed by atoms with Gasteiger partial charge in [-0.1, -0.05) is 24.3 Å². The first-order chi connectivity index (χ1) is 13.5. The molecule has 28 heavy (non-hydrogen) atoms. The molecule has 0 spiro atoms. The summed E-state index contributed by atoms with van der Waals surface area (Å²) in [4.78, 5) is 26.8. The van der Waals surface area contributed by atoms with E-state index in [0.717, 1.165) is 22.6 Å². The summed E-state index contributed by atoms with van der Waals surface area (Å²) in [5.74, 6) is 0.911. The third kappa shape index (κ3) is 3.54. The molecule has 2 aromatic carbocycles. The van der Waals surface area contributed by atoms with Gasteiger partial charge >= 0.3 is 0 Å². The SMILES string of the molecule is Cc1cccc(N2C[C@@H](C(=O)NC[C@@H]3COc4ccccc4O3)CC2=O)c1C. The zero-order valence-corrected chi connectivity index (χ0v) is 16.1. The van der Waals surface area contributed by atoms with Gasteiger partial charge in [0, 0.05) is 18.7 Å². The molecule has 0 bridgehead atoms. The molecular formula is C22H24N2O4. The van der Waals surface area contributed by atoms with Crippen molar-refractivity contribution in [2.45, 2.75) is 26.4 Å². The zero-order chi connectivity index (χ0) is 19.7. The number of aryl methyl sites for hydroxylation is 1. The maximum absolute atomic E-state index is 12.6. The average molecular weight is 380 g/mol. The second kappa shape index (κ2) is 7.54. The number of hydrogen-bond donors (Lipinski definition) is 1. The first-order valence-corrected chi connectivity index (χ1v) is 9.55. The Bertz CT molecular complexity index is 911. The van der Waals surface area contributed by atoms with Crippen LogP contribution in [-0.2, 0) is 9.59 Å². The van der Waals surface area contributed by atoms with Crippen LogP contribution in [0.15, 0.2) is 42.5 Å². The monoisotopic (exact) mass is 380 g/mol. The lowest BCUT2D eigenvalue weighted by atomic mass is 10.1. The lowest BCUT2D eigenvalue weighted by Crippen LogP contribution is -2.43. The molecule has 2 aliphatic heterocycles. The van der Waals surface area contributed by atoms with Crippen molar-refractivity contribution in [3.05, 3.63) is 53.6 Å². The summed E-state index contributed by atoms with van der Waals surface area (Å²) in [5, 5.41) is 2.92. The number of anilines is 1. The lowest BCUT2D eigenvalue weighted by molar-refractivity contribution is -0.126. The number of para-hydroxylation sites is 2. The molecule has 2 amide bonds. The molecule has 0 aliphatic carbocycles. The minimum Gasteiger partial charge on any atom is -0.486 e. The van der Waals surface area contributed by atoms with Crippen molar-refractivity contribution in [2.75, 3.05) is 24.6 Å². The van der Waals surface area contributed by atoms with Crippen LogP contribution in [0.5, 0.6) is 11.5 Å². The molecule has 0 saturated carbocycles. The molecule has 0 unspecified atom stereocenters. The Kier molecular flexibility index (Phi) is 4.94. The van der Waals surface area contributed by atoms with Gasteiger partial charge in [0.05, 0.1) is 12.5 Å².